The number of unbranched alkanes of at least 4 members (excludes halogenated alkanes) is 1. The van der Waals surface area contributed by atoms with E-state index in [9.17, 15) is 4.79 Å². The minimum Gasteiger partial charge on any atom is -0.453 e. The predicted molar refractivity (Wildman–Crippen MR) is 61.5 cm³/mol. The minimum atomic E-state index is -0.555. The minimum absolute atomic E-state index is 0.368. The number of nitrogens with one attached hydrogen (secondary N) is 2. The Hall–Kier alpha value is -1.85. The lowest BCUT2D eigenvalue weighted by Gasteiger charge is -2.05. The van der Waals surface area contributed by atoms with Crippen LogP contribution in [0.5, 0.6) is 0 Å². The molecule has 1 aromatic rings. The molecule has 0 unspecified atom stereocenters. The average Bonchev–Trinajstić information content (AvgIpc) is 2.31. The molecule has 88 valence electrons. The zero-order valence-corrected chi connectivity index (χ0v) is 9.49. The Morgan fingerprint density at radius 1 is 1.38 bits per heavy atom. The summed E-state index contributed by atoms with van der Waals surface area (Å²) in [5.41, 5.74) is 0. The summed E-state index contributed by atoms with van der Waals surface area (Å²) in [5.74, 6) is 1.07. The smallest absolute Gasteiger partial charge is 0.412 e. The van der Waals surface area contributed by atoms with Crippen molar-refractivity contribution in [1.29, 1.82) is 0 Å². The molecule has 0 saturated heterocycles. The number of carbonyl (C=O) groups excluding carboxylic acids is 1. The Morgan fingerprint density at radius 3 is 2.62 bits per heavy atom. The number of aromatic nitrogens is 2. The molecule has 0 aliphatic carbocycles. The Morgan fingerprint density at radius 2 is 2.06 bits per heavy atom. The van der Waals surface area contributed by atoms with E-state index in [-0.39, 0.29) is 0 Å². The molecule has 0 atom stereocenters. The van der Waals surface area contributed by atoms with Gasteiger partial charge in [-0.3, -0.25) is 5.32 Å². The maximum atomic E-state index is 10.9. The van der Waals surface area contributed by atoms with Crippen molar-refractivity contribution in [3.8, 4) is 0 Å². The zero-order valence-electron chi connectivity index (χ0n) is 9.49. The van der Waals surface area contributed by atoms with Crippen LogP contribution >= 0.6 is 0 Å². The van der Waals surface area contributed by atoms with Gasteiger partial charge in [0.15, 0.2) is 5.82 Å². The first-order chi connectivity index (χ1) is 7.76. The summed E-state index contributed by atoms with van der Waals surface area (Å²) in [6, 6.07) is 3.42. The molecule has 0 spiro atoms. The molecule has 6 heteroatoms. The lowest BCUT2D eigenvalue weighted by atomic mass is 10.3. The number of methoxy groups -OCH3 is 1. The van der Waals surface area contributed by atoms with Crippen molar-refractivity contribution in [2.75, 3.05) is 24.3 Å². The highest BCUT2D eigenvalue weighted by atomic mass is 16.5. The molecule has 16 heavy (non-hydrogen) atoms. The zero-order chi connectivity index (χ0) is 11.8. The monoisotopic (exact) mass is 224 g/mol. The van der Waals surface area contributed by atoms with Gasteiger partial charge >= 0.3 is 6.09 Å². The molecule has 1 rings (SSSR count). The van der Waals surface area contributed by atoms with E-state index in [4.69, 9.17) is 0 Å². The Balaban J connectivity index is 2.44. The van der Waals surface area contributed by atoms with Crippen molar-refractivity contribution in [3.05, 3.63) is 12.1 Å². The van der Waals surface area contributed by atoms with Gasteiger partial charge in [0.2, 0.25) is 0 Å². The SMILES string of the molecule is CCCCNc1ccc(NC(=O)OC)nn1. The van der Waals surface area contributed by atoms with E-state index in [1.807, 2.05) is 0 Å². The van der Waals surface area contributed by atoms with Gasteiger partial charge in [0, 0.05) is 6.54 Å². The third kappa shape index (κ3) is 4.12. The first kappa shape index (κ1) is 12.2. The molecule has 0 aliphatic rings. The normalized spacial score (nSPS) is 9.62. The van der Waals surface area contributed by atoms with E-state index in [0.29, 0.717) is 11.6 Å². The van der Waals surface area contributed by atoms with Crippen molar-refractivity contribution < 1.29 is 9.53 Å². The van der Waals surface area contributed by atoms with Crippen LogP contribution in [0.2, 0.25) is 0 Å². The second kappa shape index (κ2) is 6.60. The molecule has 1 amide bonds. The van der Waals surface area contributed by atoms with Crippen LogP contribution in [0.4, 0.5) is 16.4 Å². The summed E-state index contributed by atoms with van der Waals surface area (Å²) < 4.78 is 4.43. The van der Waals surface area contributed by atoms with Gasteiger partial charge in [0.25, 0.3) is 0 Å². The number of anilines is 2. The fourth-order valence-corrected chi connectivity index (χ4v) is 1.04. The number of ether oxygens (including phenoxy) is 1. The number of carbonyl (C=O) groups is 1. The van der Waals surface area contributed by atoms with Gasteiger partial charge < -0.3 is 10.1 Å². The third-order valence-electron chi connectivity index (χ3n) is 1.92. The second-order valence-electron chi connectivity index (χ2n) is 3.20. The van der Waals surface area contributed by atoms with Crippen molar-refractivity contribution >= 4 is 17.7 Å². The van der Waals surface area contributed by atoms with Crippen LogP contribution in [0.1, 0.15) is 19.8 Å². The van der Waals surface area contributed by atoms with Crippen molar-refractivity contribution in [2.45, 2.75) is 19.8 Å². The predicted octanol–water partition coefficient (Wildman–Crippen LogP) is 1.87. The Kier molecular flexibility index (Phi) is 5.04. The van der Waals surface area contributed by atoms with Gasteiger partial charge in [-0.2, -0.15) is 0 Å². The molecule has 0 saturated carbocycles. The van der Waals surface area contributed by atoms with Gasteiger partial charge in [-0.15, -0.1) is 10.2 Å². The maximum Gasteiger partial charge on any atom is 0.412 e. The van der Waals surface area contributed by atoms with E-state index in [1.54, 1.807) is 12.1 Å². The molecule has 1 aromatic heterocycles. The Bertz CT molecular complexity index is 326. The standard InChI is InChI=1S/C10H16N4O2/c1-3-4-7-11-8-5-6-9(14-13-8)12-10(15)16-2/h5-6H,3-4,7H2,1-2H3,(H,11,13)(H,12,14,15). The number of nitrogens with zero attached hydrogens (tertiary/aromatic N) is 2. The molecule has 0 aliphatic heterocycles. The van der Waals surface area contributed by atoms with E-state index >= 15 is 0 Å². The first-order valence-corrected chi connectivity index (χ1v) is 5.19. The highest BCUT2D eigenvalue weighted by Gasteiger charge is 2.02. The maximum absolute atomic E-state index is 10.9. The van der Waals surface area contributed by atoms with Crippen molar-refractivity contribution in [1.82, 2.24) is 10.2 Å². The third-order valence-corrected chi connectivity index (χ3v) is 1.92. The molecule has 2 N–H and O–H groups in total. The molecule has 0 bridgehead atoms. The van der Waals surface area contributed by atoms with E-state index in [0.717, 1.165) is 19.4 Å². The van der Waals surface area contributed by atoms with Crippen molar-refractivity contribution in [2.24, 2.45) is 0 Å². The van der Waals surface area contributed by atoms with Gasteiger partial charge in [0.1, 0.15) is 5.82 Å². The number of rotatable bonds is 5. The molecule has 6 nitrogen and oxygen atoms in total. The fourth-order valence-electron chi connectivity index (χ4n) is 1.04. The lowest BCUT2D eigenvalue weighted by molar-refractivity contribution is 0.187. The van der Waals surface area contributed by atoms with Gasteiger partial charge in [-0.1, -0.05) is 13.3 Å². The van der Waals surface area contributed by atoms with Crippen LogP contribution < -0.4 is 10.6 Å². The lowest BCUT2D eigenvalue weighted by Crippen LogP contribution is -2.13. The molecule has 0 radical (unpaired) electrons. The number of hydrogen-bond donors (Lipinski definition) is 2. The summed E-state index contributed by atoms with van der Waals surface area (Å²) in [4.78, 5) is 10.9. The molecule has 1 heterocycles. The largest absolute Gasteiger partial charge is 0.453 e. The summed E-state index contributed by atoms with van der Waals surface area (Å²) >= 11 is 0. The second-order valence-corrected chi connectivity index (χ2v) is 3.20. The van der Waals surface area contributed by atoms with Gasteiger partial charge in [-0.05, 0) is 18.6 Å². The quantitative estimate of drug-likeness (QED) is 0.746. The van der Waals surface area contributed by atoms with Crippen LogP contribution in [-0.2, 0) is 4.74 Å². The molecule has 0 fully saturated rings. The highest BCUT2D eigenvalue weighted by molar-refractivity contribution is 5.83. The van der Waals surface area contributed by atoms with Crippen LogP contribution in [-0.4, -0.2) is 29.9 Å². The first-order valence-electron chi connectivity index (χ1n) is 5.19. The highest BCUT2D eigenvalue weighted by Crippen LogP contribution is 2.06. The van der Waals surface area contributed by atoms with E-state index in [2.05, 4.69) is 32.5 Å². The van der Waals surface area contributed by atoms with Crippen molar-refractivity contribution in [3.63, 3.8) is 0 Å². The fraction of sp³-hybridized carbons (Fsp3) is 0.500. The summed E-state index contributed by atoms with van der Waals surface area (Å²) in [6.45, 7) is 2.99. The molecular formula is C10H16N4O2. The summed E-state index contributed by atoms with van der Waals surface area (Å²) in [7, 11) is 1.30. The number of hydrogen-bond acceptors (Lipinski definition) is 5. The summed E-state index contributed by atoms with van der Waals surface area (Å²) in [5, 5.41) is 13.3. The van der Waals surface area contributed by atoms with Crippen LogP contribution in [0.25, 0.3) is 0 Å². The summed E-state index contributed by atoms with van der Waals surface area (Å²) in [6.07, 6.45) is 1.66. The van der Waals surface area contributed by atoms with Gasteiger partial charge in [-0.25, -0.2) is 4.79 Å². The molecule has 0 aromatic carbocycles. The van der Waals surface area contributed by atoms with Crippen LogP contribution in [0.3, 0.4) is 0 Å². The Labute approximate surface area is 94.4 Å². The van der Waals surface area contributed by atoms with Gasteiger partial charge in [0.05, 0.1) is 7.11 Å². The number of amides is 1. The molecular weight excluding hydrogens is 208 g/mol. The van der Waals surface area contributed by atoms with E-state index < -0.39 is 6.09 Å². The van der Waals surface area contributed by atoms with Crippen LogP contribution in [0, 0.1) is 0 Å². The van der Waals surface area contributed by atoms with E-state index in [1.165, 1.54) is 7.11 Å². The topological polar surface area (TPSA) is 76.1 Å². The van der Waals surface area contributed by atoms with Crippen LogP contribution in [0.15, 0.2) is 12.1 Å². The average molecular weight is 224 g/mol.